The fraction of sp³-hybridized carbons (Fsp3) is 0.375. The topological polar surface area (TPSA) is 89.1 Å². The van der Waals surface area contributed by atoms with Crippen LogP contribution in [0.15, 0.2) is 12.4 Å². The van der Waals surface area contributed by atoms with Crippen LogP contribution in [-0.4, -0.2) is 21.0 Å². The molecule has 0 aliphatic heterocycles. The lowest BCUT2D eigenvalue weighted by Gasteiger charge is -2.07. The van der Waals surface area contributed by atoms with Gasteiger partial charge in [-0.05, 0) is 12.8 Å². The molecule has 0 spiro atoms. The second-order valence-corrected chi connectivity index (χ2v) is 3.22. The lowest BCUT2D eigenvalue weighted by Crippen LogP contribution is -2.21. The molecule has 0 amide bonds. The van der Waals surface area contributed by atoms with Crippen LogP contribution in [0.2, 0.25) is 0 Å². The van der Waals surface area contributed by atoms with Gasteiger partial charge in [0.25, 0.3) is 0 Å². The number of nitrogens with zero attached hydrogens (tertiary/aromatic N) is 2. The zero-order valence-corrected chi connectivity index (χ0v) is 6.90. The Morgan fingerprint density at radius 1 is 1.54 bits per heavy atom. The van der Waals surface area contributed by atoms with Gasteiger partial charge < -0.3 is 10.8 Å². The van der Waals surface area contributed by atoms with Crippen molar-refractivity contribution < 1.29 is 9.90 Å². The Balaban J connectivity index is 2.41. The van der Waals surface area contributed by atoms with Gasteiger partial charge in [-0.25, -0.2) is 9.97 Å². The van der Waals surface area contributed by atoms with Crippen LogP contribution >= 0.6 is 0 Å². The van der Waals surface area contributed by atoms with E-state index in [4.69, 9.17) is 10.8 Å². The molecular weight excluding hydrogens is 170 g/mol. The molecule has 1 aromatic rings. The molecule has 1 aliphatic carbocycles. The number of carboxylic acid groups (broad SMARTS) is 1. The summed E-state index contributed by atoms with van der Waals surface area (Å²) < 4.78 is 0. The minimum atomic E-state index is -0.828. The molecule has 1 heterocycles. The van der Waals surface area contributed by atoms with E-state index in [0.717, 1.165) is 0 Å². The van der Waals surface area contributed by atoms with Crippen LogP contribution in [0, 0.1) is 0 Å². The molecule has 1 saturated carbocycles. The second kappa shape index (κ2) is 2.42. The number of hydrogen-bond donors (Lipinski definition) is 2. The largest absolute Gasteiger partial charge is 0.481 e. The molecule has 0 atom stereocenters. The Hall–Kier alpha value is -1.65. The number of nitrogens with two attached hydrogens (primary N) is 1. The van der Waals surface area contributed by atoms with Crippen molar-refractivity contribution in [1.29, 1.82) is 0 Å². The molecule has 0 saturated heterocycles. The van der Waals surface area contributed by atoms with E-state index >= 15 is 0 Å². The van der Waals surface area contributed by atoms with Crippen LogP contribution in [0.1, 0.15) is 18.5 Å². The number of rotatable bonds is 2. The minimum absolute atomic E-state index is 0.317. The summed E-state index contributed by atoms with van der Waals surface area (Å²) in [6, 6.07) is 1.53. The minimum Gasteiger partial charge on any atom is -0.481 e. The van der Waals surface area contributed by atoms with Gasteiger partial charge in [-0.1, -0.05) is 0 Å². The van der Waals surface area contributed by atoms with Crippen molar-refractivity contribution in [1.82, 2.24) is 9.97 Å². The molecule has 3 N–H and O–H groups in total. The first-order chi connectivity index (χ1) is 6.15. The van der Waals surface area contributed by atoms with E-state index < -0.39 is 11.4 Å². The van der Waals surface area contributed by atoms with E-state index in [0.29, 0.717) is 24.4 Å². The maximum atomic E-state index is 10.9. The Morgan fingerprint density at radius 3 is 2.69 bits per heavy atom. The average Bonchev–Trinajstić information content (AvgIpc) is 2.83. The first kappa shape index (κ1) is 7.97. The number of nitrogen functional groups attached to an aromatic ring is 1. The highest BCUT2D eigenvalue weighted by Crippen LogP contribution is 2.47. The number of hydrogen-bond acceptors (Lipinski definition) is 4. The van der Waals surface area contributed by atoms with Crippen LogP contribution in [0.5, 0.6) is 0 Å². The molecule has 1 aliphatic rings. The van der Waals surface area contributed by atoms with Crippen LogP contribution in [0.4, 0.5) is 5.82 Å². The van der Waals surface area contributed by atoms with Gasteiger partial charge in [-0.3, -0.25) is 4.79 Å². The smallest absolute Gasteiger partial charge is 0.315 e. The summed E-state index contributed by atoms with van der Waals surface area (Å²) in [5, 5.41) is 8.95. The summed E-state index contributed by atoms with van der Waals surface area (Å²) in [4.78, 5) is 18.5. The van der Waals surface area contributed by atoms with Gasteiger partial charge in [-0.15, -0.1) is 0 Å². The fourth-order valence-corrected chi connectivity index (χ4v) is 1.34. The maximum Gasteiger partial charge on any atom is 0.315 e. The maximum absolute atomic E-state index is 10.9. The third-order valence-corrected chi connectivity index (χ3v) is 2.34. The van der Waals surface area contributed by atoms with E-state index in [2.05, 4.69) is 9.97 Å². The zero-order valence-electron chi connectivity index (χ0n) is 6.90. The van der Waals surface area contributed by atoms with Gasteiger partial charge in [0.05, 0.1) is 5.69 Å². The van der Waals surface area contributed by atoms with Crippen molar-refractivity contribution >= 4 is 11.8 Å². The molecule has 1 aromatic heterocycles. The number of carboxylic acids is 1. The predicted octanol–water partition coefficient (Wildman–Crippen LogP) is 0.175. The number of aromatic nitrogens is 2. The summed E-state index contributed by atoms with van der Waals surface area (Å²) in [5.74, 6) is -0.511. The zero-order chi connectivity index (χ0) is 9.47. The SMILES string of the molecule is Nc1cc(C2(C(=O)O)CC2)ncn1. The Kier molecular flexibility index (Phi) is 1.48. The number of aliphatic carboxylic acids is 1. The monoisotopic (exact) mass is 179 g/mol. The molecule has 2 rings (SSSR count). The standard InChI is InChI=1S/C8H9N3O2/c9-6-3-5(10-4-11-6)8(1-2-8)7(12)13/h3-4H,1-2H2,(H,12,13)(H2,9,10,11). The fourth-order valence-electron chi connectivity index (χ4n) is 1.34. The molecule has 5 heteroatoms. The van der Waals surface area contributed by atoms with E-state index in [9.17, 15) is 4.79 Å². The highest BCUT2D eigenvalue weighted by molar-refractivity contribution is 5.84. The van der Waals surface area contributed by atoms with Gasteiger partial charge in [0.15, 0.2) is 0 Å². The van der Waals surface area contributed by atoms with Crippen LogP contribution < -0.4 is 5.73 Å². The molecule has 1 fully saturated rings. The molecule has 5 nitrogen and oxygen atoms in total. The quantitative estimate of drug-likeness (QED) is 0.675. The molecule has 0 bridgehead atoms. The summed E-state index contributed by atoms with van der Waals surface area (Å²) in [6.07, 6.45) is 2.57. The van der Waals surface area contributed by atoms with Gasteiger partial charge in [-0.2, -0.15) is 0 Å². The molecular formula is C8H9N3O2. The van der Waals surface area contributed by atoms with Crippen LogP contribution in [-0.2, 0) is 10.2 Å². The van der Waals surface area contributed by atoms with Crippen molar-refractivity contribution in [2.45, 2.75) is 18.3 Å². The second-order valence-electron chi connectivity index (χ2n) is 3.22. The lowest BCUT2D eigenvalue weighted by molar-refractivity contribution is -0.140. The highest BCUT2D eigenvalue weighted by Gasteiger charge is 2.53. The van der Waals surface area contributed by atoms with E-state index in [1.165, 1.54) is 12.4 Å². The normalized spacial score (nSPS) is 18.2. The summed E-state index contributed by atoms with van der Waals surface area (Å²) in [5.41, 5.74) is 5.18. The predicted molar refractivity (Wildman–Crippen MR) is 45.0 cm³/mol. The first-order valence-electron chi connectivity index (χ1n) is 3.96. The Bertz CT molecular complexity index is 360. The van der Waals surface area contributed by atoms with Crippen molar-refractivity contribution in [2.75, 3.05) is 5.73 Å². The van der Waals surface area contributed by atoms with Gasteiger partial charge in [0, 0.05) is 6.07 Å². The number of anilines is 1. The van der Waals surface area contributed by atoms with Crippen molar-refractivity contribution in [2.24, 2.45) is 0 Å². The first-order valence-corrected chi connectivity index (χ1v) is 3.96. The van der Waals surface area contributed by atoms with Crippen molar-refractivity contribution in [3.8, 4) is 0 Å². The van der Waals surface area contributed by atoms with Crippen LogP contribution in [0.25, 0.3) is 0 Å². The van der Waals surface area contributed by atoms with E-state index in [-0.39, 0.29) is 0 Å². The lowest BCUT2D eigenvalue weighted by atomic mass is 10.0. The molecule has 0 radical (unpaired) electrons. The molecule has 0 unspecified atom stereocenters. The average molecular weight is 179 g/mol. The molecule has 68 valence electrons. The van der Waals surface area contributed by atoms with Gasteiger partial charge in [0.1, 0.15) is 17.6 Å². The Labute approximate surface area is 74.6 Å². The Morgan fingerprint density at radius 2 is 2.23 bits per heavy atom. The van der Waals surface area contributed by atoms with Crippen LogP contribution in [0.3, 0.4) is 0 Å². The van der Waals surface area contributed by atoms with E-state index in [1.807, 2.05) is 0 Å². The van der Waals surface area contributed by atoms with Crippen molar-refractivity contribution in [3.63, 3.8) is 0 Å². The third kappa shape index (κ3) is 1.12. The van der Waals surface area contributed by atoms with E-state index in [1.54, 1.807) is 0 Å². The summed E-state index contributed by atoms with van der Waals surface area (Å²) in [6.45, 7) is 0. The highest BCUT2D eigenvalue weighted by atomic mass is 16.4. The third-order valence-electron chi connectivity index (χ3n) is 2.34. The van der Waals surface area contributed by atoms with Gasteiger partial charge in [0.2, 0.25) is 0 Å². The van der Waals surface area contributed by atoms with Crippen molar-refractivity contribution in [3.05, 3.63) is 18.1 Å². The molecule has 0 aromatic carbocycles. The summed E-state index contributed by atoms with van der Waals surface area (Å²) in [7, 11) is 0. The number of carbonyl (C=O) groups is 1. The molecule has 13 heavy (non-hydrogen) atoms. The van der Waals surface area contributed by atoms with Gasteiger partial charge >= 0.3 is 5.97 Å². The summed E-state index contributed by atoms with van der Waals surface area (Å²) >= 11 is 0.